The Hall–Kier alpha value is -6.56. The van der Waals surface area contributed by atoms with Crippen LogP contribution < -0.4 is 4.74 Å². The fourth-order valence-corrected chi connectivity index (χ4v) is 4.10. The van der Waals surface area contributed by atoms with Gasteiger partial charge in [0, 0.05) is 47.3 Å². The second-order valence-corrected chi connectivity index (χ2v) is 13.8. The topological polar surface area (TPSA) is 233 Å². The van der Waals surface area contributed by atoms with Gasteiger partial charge in [-0.25, -0.2) is 43.3 Å². The van der Waals surface area contributed by atoms with Crippen molar-refractivity contribution in [1.29, 1.82) is 0 Å². The molecule has 58 heavy (non-hydrogen) atoms. The number of carbonyl (C=O) groups is 5. The van der Waals surface area contributed by atoms with Crippen LogP contribution in [0.4, 0.5) is 14.4 Å². The summed E-state index contributed by atoms with van der Waals surface area (Å²) in [5.41, 5.74) is 2.27. The molecule has 0 aliphatic heterocycles. The number of benzene rings is 2. The van der Waals surface area contributed by atoms with Gasteiger partial charge in [-0.05, 0) is 79.1 Å². The number of rotatable bonds is 13. The van der Waals surface area contributed by atoms with Crippen molar-refractivity contribution < 1.29 is 57.9 Å². The molecule has 0 aliphatic carbocycles. The van der Waals surface area contributed by atoms with Crippen molar-refractivity contribution in [3.05, 3.63) is 72.3 Å². The molecule has 2 N–H and O–H groups in total. The molecule has 2 aromatic heterocycles. The molecular weight excluding hydrogens is 780 g/mol. The number of phenols is 1. The Morgan fingerprint density at radius 2 is 1.17 bits per heavy atom. The second kappa shape index (κ2) is 24.2. The van der Waals surface area contributed by atoms with Gasteiger partial charge in [-0.3, -0.25) is 0 Å². The van der Waals surface area contributed by atoms with Crippen molar-refractivity contribution in [3.8, 4) is 34.3 Å². The molecule has 0 atom stereocenters. The number of halogens is 1. The molecule has 312 valence electrons. The number of carboxylic acids is 1. The van der Waals surface area contributed by atoms with Crippen LogP contribution in [0.25, 0.3) is 35.2 Å². The minimum absolute atomic E-state index is 0.125. The summed E-state index contributed by atoms with van der Waals surface area (Å²) in [6, 6.07) is 10.1. The average Bonchev–Trinajstić information content (AvgIpc) is 3.81. The van der Waals surface area contributed by atoms with Crippen molar-refractivity contribution in [1.82, 2.24) is 29.5 Å². The summed E-state index contributed by atoms with van der Waals surface area (Å²) in [5, 5.41) is 26.3. The molecule has 0 spiro atoms. The molecule has 0 unspecified atom stereocenters. The lowest BCUT2D eigenvalue weighted by molar-refractivity contribution is -0.134. The highest BCUT2D eigenvalue weighted by Crippen LogP contribution is 2.24. The third kappa shape index (κ3) is 19.9. The van der Waals surface area contributed by atoms with E-state index in [2.05, 4.69) is 29.6 Å². The maximum atomic E-state index is 11.8. The van der Waals surface area contributed by atoms with E-state index in [-0.39, 0.29) is 30.8 Å². The van der Waals surface area contributed by atoms with Gasteiger partial charge in [-0.1, -0.05) is 41.5 Å². The predicted octanol–water partition coefficient (Wildman–Crippen LogP) is 7.76. The van der Waals surface area contributed by atoms with E-state index in [0.717, 1.165) is 23.3 Å². The summed E-state index contributed by atoms with van der Waals surface area (Å²) >= 11 is 4.86. The van der Waals surface area contributed by atoms with Gasteiger partial charge in [-0.2, -0.15) is 0 Å². The Morgan fingerprint density at radius 3 is 1.66 bits per heavy atom. The van der Waals surface area contributed by atoms with Gasteiger partial charge in [0.25, 0.3) is 0 Å². The van der Waals surface area contributed by atoms with Crippen LogP contribution in [0.1, 0.15) is 52.7 Å². The largest absolute Gasteiger partial charge is 0.516 e. The average molecular weight is 827 g/mol. The van der Waals surface area contributed by atoms with Gasteiger partial charge in [0.15, 0.2) is 11.6 Å². The van der Waals surface area contributed by atoms with Crippen molar-refractivity contribution in [2.24, 2.45) is 17.8 Å². The standard InChI is InChI=1S/C22H27N3O7.C12H11N3O3.C5H9ClO2/c1-14(2)11-29-21(27)31-18-9-16(5)8-17(10-18)20-23-13-25(24-20)7-6-19(26)32-22(28)30-12-15(3)4;1-8-4-9(6-10(16)5-8)12-13-7-15(14-12)3-2-11(17)18;1-4(2)3-8-5(6)7/h6-10,13-15H,11-12H2,1-5H3;2-7,16H,1H3,(H,17,18);4H,3H2,1-2H3/b7-6-;3-2-;. The SMILES string of the molecule is CC(C)COC(=O)Cl.Cc1cc(O)cc(-c2ncn(/C=C\C(=O)O)n2)c1.Cc1cc(OC(=O)OCC(C)C)cc(-c2ncn(/C=C\C(=O)OC(=O)OCC(C)C)n2)c1. The zero-order chi connectivity index (χ0) is 43.4. The number of phenolic OH excluding ortho intramolecular Hbond substituents is 1. The number of carbonyl (C=O) groups excluding carboxylic acids is 4. The lowest BCUT2D eigenvalue weighted by atomic mass is 10.1. The lowest BCUT2D eigenvalue weighted by Crippen LogP contribution is -2.14. The Balaban J connectivity index is 0.000000371. The van der Waals surface area contributed by atoms with E-state index in [9.17, 15) is 29.1 Å². The van der Waals surface area contributed by atoms with Crippen LogP contribution in [-0.4, -0.2) is 89.2 Å². The zero-order valence-electron chi connectivity index (χ0n) is 33.3. The number of aromatic hydroxyl groups is 1. The first-order valence-corrected chi connectivity index (χ1v) is 18.1. The Kier molecular flexibility index (Phi) is 19.8. The molecule has 0 fully saturated rings. The molecule has 19 heteroatoms. The Morgan fingerprint density at radius 1 is 0.690 bits per heavy atom. The summed E-state index contributed by atoms with van der Waals surface area (Å²) in [6.07, 6.45) is 5.47. The Labute approximate surface area is 340 Å². The molecule has 2 aromatic carbocycles. The number of hydrogen-bond acceptors (Lipinski definition) is 15. The minimum Gasteiger partial charge on any atom is -0.508 e. The second-order valence-electron chi connectivity index (χ2n) is 13.5. The lowest BCUT2D eigenvalue weighted by Gasteiger charge is -2.09. The number of aromatic nitrogens is 6. The van der Waals surface area contributed by atoms with Crippen LogP contribution in [0.15, 0.2) is 61.2 Å². The molecule has 0 amide bonds. The van der Waals surface area contributed by atoms with E-state index in [1.807, 2.05) is 67.5 Å². The number of ether oxygens (including phenoxy) is 5. The monoisotopic (exact) mass is 826 g/mol. The van der Waals surface area contributed by atoms with Gasteiger partial charge in [0.1, 0.15) is 24.2 Å². The highest BCUT2D eigenvalue weighted by atomic mass is 35.5. The van der Waals surface area contributed by atoms with Crippen LogP contribution in [0.2, 0.25) is 0 Å². The highest BCUT2D eigenvalue weighted by molar-refractivity contribution is 6.61. The summed E-state index contributed by atoms with van der Waals surface area (Å²) in [5.74, 6) is -0.0845. The highest BCUT2D eigenvalue weighted by Gasteiger charge is 2.13. The van der Waals surface area contributed by atoms with Crippen molar-refractivity contribution in [3.63, 3.8) is 0 Å². The third-order valence-electron chi connectivity index (χ3n) is 6.36. The molecule has 0 aliphatic rings. The molecule has 0 saturated carbocycles. The number of carboxylic acid groups (broad SMARTS) is 1. The van der Waals surface area contributed by atoms with E-state index in [1.54, 1.807) is 24.3 Å². The molecule has 0 bridgehead atoms. The molecule has 2 heterocycles. The maximum Gasteiger partial charge on any atom is 0.516 e. The first kappa shape index (κ1) is 47.6. The molecular formula is C39H47ClN6O12. The number of aryl methyl sites for hydroxylation is 2. The smallest absolute Gasteiger partial charge is 0.508 e. The normalized spacial score (nSPS) is 10.8. The quantitative estimate of drug-likeness (QED) is 0.0327. The van der Waals surface area contributed by atoms with Crippen molar-refractivity contribution >= 4 is 53.7 Å². The molecule has 18 nitrogen and oxygen atoms in total. The van der Waals surface area contributed by atoms with Gasteiger partial charge in [0.05, 0.1) is 19.8 Å². The van der Waals surface area contributed by atoms with E-state index in [1.165, 1.54) is 34.4 Å². The number of hydrogen-bond donors (Lipinski definition) is 2. The molecule has 0 saturated heterocycles. The van der Waals surface area contributed by atoms with Gasteiger partial charge in [0.2, 0.25) is 0 Å². The van der Waals surface area contributed by atoms with Crippen molar-refractivity contribution in [2.45, 2.75) is 55.4 Å². The van der Waals surface area contributed by atoms with Crippen LogP contribution in [0.5, 0.6) is 11.5 Å². The predicted molar refractivity (Wildman–Crippen MR) is 211 cm³/mol. The fourth-order valence-electron chi connectivity index (χ4n) is 4.04. The molecule has 0 radical (unpaired) electrons. The molecule has 4 aromatic rings. The van der Waals surface area contributed by atoms with E-state index >= 15 is 0 Å². The third-order valence-corrected chi connectivity index (χ3v) is 6.47. The fraction of sp³-hybridized carbons (Fsp3) is 0.359. The number of esters is 1. The first-order chi connectivity index (χ1) is 27.3. The van der Waals surface area contributed by atoms with Crippen LogP contribution in [-0.2, 0) is 28.5 Å². The zero-order valence-corrected chi connectivity index (χ0v) is 34.1. The minimum atomic E-state index is -1.06. The first-order valence-electron chi connectivity index (χ1n) is 17.7. The van der Waals surface area contributed by atoms with E-state index in [4.69, 9.17) is 30.9 Å². The Bertz CT molecular complexity index is 2030. The van der Waals surface area contributed by atoms with Crippen LogP contribution in [0, 0.1) is 31.6 Å². The number of nitrogens with zero attached hydrogens (tertiary/aromatic N) is 6. The summed E-state index contributed by atoms with van der Waals surface area (Å²) in [4.78, 5) is 63.4. The summed E-state index contributed by atoms with van der Waals surface area (Å²) in [6.45, 7) is 16.0. The van der Waals surface area contributed by atoms with Gasteiger partial charge >= 0.3 is 29.7 Å². The summed E-state index contributed by atoms with van der Waals surface area (Å²) < 4.78 is 26.5. The van der Waals surface area contributed by atoms with E-state index < -0.39 is 29.7 Å². The van der Waals surface area contributed by atoms with Gasteiger partial charge in [-0.15, -0.1) is 10.2 Å². The molecule has 4 rings (SSSR count). The van der Waals surface area contributed by atoms with Crippen LogP contribution >= 0.6 is 11.6 Å². The summed E-state index contributed by atoms with van der Waals surface area (Å²) in [7, 11) is 0. The van der Waals surface area contributed by atoms with Crippen molar-refractivity contribution in [2.75, 3.05) is 19.8 Å². The van der Waals surface area contributed by atoms with E-state index in [0.29, 0.717) is 41.1 Å². The van der Waals surface area contributed by atoms with Crippen LogP contribution in [0.3, 0.4) is 0 Å². The van der Waals surface area contributed by atoms with Gasteiger partial charge < -0.3 is 33.9 Å². The maximum absolute atomic E-state index is 11.8. The number of aliphatic carboxylic acids is 1.